The maximum absolute atomic E-state index is 11.0. The molecule has 0 spiro atoms. The van der Waals surface area contributed by atoms with Crippen LogP contribution in [0.1, 0.15) is 19.8 Å². The number of carbonyl (C=O) groups excluding carboxylic acids is 1. The quantitative estimate of drug-likeness (QED) is 0.576. The van der Waals surface area contributed by atoms with Gasteiger partial charge in [0.05, 0.1) is 6.04 Å². The van der Waals surface area contributed by atoms with Crippen LogP contribution in [-0.4, -0.2) is 18.5 Å². The van der Waals surface area contributed by atoms with E-state index in [2.05, 4.69) is 5.32 Å². The van der Waals surface area contributed by atoms with Crippen molar-refractivity contribution < 1.29 is 4.79 Å². The largest absolute Gasteiger partial charge is 0.355 e. The molecular formula is C7H14N2O. The molecule has 0 aromatic heterocycles. The van der Waals surface area contributed by atoms with Crippen molar-refractivity contribution in [2.45, 2.75) is 25.8 Å². The third-order valence-electron chi connectivity index (χ3n) is 1.78. The monoisotopic (exact) mass is 142 g/mol. The van der Waals surface area contributed by atoms with Crippen molar-refractivity contribution in [3.8, 4) is 0 Å². The molecule has 10 heavy (non-hydrogen) atoms. The van der Waals surface area contributed by atoms with Gasteiger partial charge in [-0.2, -0.15) is 0 Å². The molecule has 0 unspecified atom stereocenters. The first-order valence-corrected chi connectivity index (χ1v) is 3.79. The third-order valence-corrected chi connectivity index (χ3v) is 1.78. The number of nitrogens with two attached hydrogens (primary N) is 1. The number of carbonyl (C=O) groups is 1. The molecule has 3 nitrogen and oxygen atoms in total. The highest BCUT2D eigenvalue weighted by Crippen LogP contribution is 2.31. The zero-order valence-electron chi connectivity index (χ0n) is 6.26. The standard InChI is InChI=1S/C7H14N2O/c1-2-9-7(10)6(8)5-3-4-5/h5-6H,2-4,8H2,1H3,(H,9,10)/t6-/m1/s1. The molecule has 1 fully saturated rings. The lowest BCUT2D eigenvalue weighted by atomic mass is 10.2. The number of amides is 1. The lowest BCUT2D eigenvalue weighted by molar-refractivity contribution is -0.122. The summed E-state index contributed by atoms with van der Waals surface area (Å²) in [6, 6.07) is -0.250. The van der Waals surface area contributed by atoms with E-state index < -0.39 is 0 Å². The van der Waals surface area contributed by atoms with E-state index in [0.717, 1.165) is 12.8 Å². The molecule has 1 aliphatic carbocycles. The zero-order chi connectivity index (χ0) is 7.56. The maximum atomic E-state index is 11.0. The number of hydrogen-bond donors (Lipinski definition) is 2. The van der Waals surface area contributed by atoms with Crippen LogP contribution in [-0.2, 0) is 4.79 Å². The molecule has 0 heterocycles. The van der Waals surface area contributed by atoms with E-state index in [1.165, 1.54) is 0 Å². The second-order valence-corrected chi connectivity index (χ2v) is 2.76. The van der Waals surface area contributed by atoms with Crippen LogP contribution < -0.4 is 11.1 Å². The van der Waals surface area contributed by atoms with Gasteiger partial charge in [0.15, 0.2) is 0 Å². The molecule has 1 saturated carbocycles. The van der Waals surface area contributed by atoms with Gasteiger partial charge in [0.1, 0.15) is 0 Å². The van der Waals surface area contributed by atoms with Crippen LogP contribution in [0.2, 0.25) is 0 Å². The van der Waals surface area contributed by atoms with Crippen LogP contribution in [0.4, 0.5) is 0 Å². The summed E-state index contributed by atoms with van der Waals surface area (Å²) in [5, 5.41) is 2.70. The van der Waals surface area contributed by atoms with Crippen molar-refractivity contribution in [2.24, 2.45) is 11.7 Å². The first-order chi connectivity index (χ1) is 4.75. The van der Waals surface area contributed by atoms with Crippen molar-refractivity contribution in [3.05, 3.63) is 0 Å². The lowest BCUT2D eigenvalue weighted by Crippen LogP contribution is -2.41. The van der Waals surface area contributed by atoms with Gasteiger partial charge in [-0.3, -0.25) is 4.79 Å². The normalized spacial score (nSPS) is 20.2. The van der Waals surface area contributed by atoms with Crippen LogP contribution in [0.3, 0.4) is 0 Å². The molecule has 0 bridgehead atoms. The molecule has 0 aliphatic heterocycles. The highest BCUT2D eigenvalue weighted by Gasteiger charge is 2.32. The molecule has 0 radical (unpaired) electrons. The van der Waals surface area contributed by atoms with Gasteiger partial charge in [-0.1, -0.05) is 0 Å². The Morgan fingerprint density at radius 1 is 1.80 bits per heavy atom. The topological polar surface area (TPSA) is 55.1 Å². The average Bonchev–Trinajstić information content (AvgIpc) is 2.68. The first-order valence-electron chi connectivity index (χ1n) is 3.79. The molecule has 3 heteroatoms. The predicted molar refractivity (Wildman–Crippen MR) is 39.4 cm³/mol. The van der Waals surface area contributed by atoms with Crippen molar-refractivity contribution >= 4 is 5.91 Å². The summed E-state index contributed by atoms with van der Waals surface area (Å²) in [7, 11) is 0. The van der Waals surface area contributed by atoms with Gasteiger partial charge in [-0.25, -0.2) is 0 Å². The summed E-state index contributed by atoms with van der Waals surface area (Å²) in [6.07, 6.45) is 2.25. The molecule has 3 N–H and O–H groups in total. The maximum Gasteiger partial charge on any atom is 0.237 e. The lowest BCUT2D eigenvalue weighted by Gasteiger charge is -2.08. The van der Waals surface area contributed by atoms with Crippen molar-refractivity contribution in [2.75, 3.05) is 6.54 Å². The van der Waals surface area contributed by atoms with Crippen LogP contribution in [0.15, 0.2) is 0 Å². The summed E-state index contributed by atoms with van der Waals surface area (Å²) in [5.41, 5.74) is 5.60. The van der Waals surface area contributed by atoms with Crippen molar-refractivity contribution in [1.29, 1.82) is 0 Å². The summed E-state index contributed by atoms with van der Waals surface area (Å²) in [6.45, 7) is 2.58. The fourth-order valence-electron chi connectivity index (χ4n) is 0.961. The summed E-state index contributed by atoms with van der Waals surface area (Å²) in [5.74, 6) is 0.469. The van der Waals surface area contributed by atoms with Gasteiger partial charge in [-0.05, 0) is 25.7 Å². The van der Waals surface area contributed by atoms with Crippen LogP contribution >= 0.6 is 0 Å². The van der Waals surface area contributed by atoms with Crippen molar-refractivity contribution in [3.63, 3.8) is 0 Å². The molecule has 1 aliphatic rings. The average molecular weight is 142 g/mol. The Morgan fingerprint density at radius 3 is 2.80 bits per heavy atom. The van der Waals surface area contributed by atoms with Gasteiger partial charge < -0.3 is 11.1 Å². The fourth-order valence-corrected chi connectivity index (χ4v) is 0.961. The van der Waals surface area contributed by atoms with Gasteiger partial charge in [0.25, 0.3) is 0 Å². The summed E-state index contributed by atoms with van der Waals surface area (Å²) in [4.78, 5) is 11.0. The Balaban J connectivity index is 2.24. The van der Waals surface area contributed by atoms with Gasteiger partial charge in [0.2, 0.25) is 5.91 Å². The first kappa shape index (κ1) is 7.54. The molecule has 1 amide bonds. The number of rotatable bonds is 3. The van der Waals surface area contributed by atoms with E-state index in [-0.39, 0.29) is 11.9 Å². The van der Waals surface area contributed by atoms with Crippen LogP contribution in [0, 0.1) is 5.92 Å². The Bertz CT molecular complexity index is 132. The highest BCUT2D eigenvalue weighted by molar-refractivity contribution is 5.82. The highest BCUT2D eigenvalue weighted by atomic mass is 16.2. The van der Waals surface area contributed by atoms with Crippen LogP contribution in [0.5, 0.6) is 0 Å². The van der Waals surface area contributed by atoms with E-state index in [4.69, 9.17) is 5.73 Å². The van der Waals surface area contributed by atoms with E-state index in [1.807, 2.05) is 6.92 Å². The second-order valence-electron chi connectivity index (χ2n) is 2.76. The van der Waals surface area contributed by atoms with E-state index >= 15 is 0 Å². The smallest absolute Gasteiger partial charge is 0.237 e. The van der Waals surface area contributed by atoms with Crippen molar-refractivity contribution in [1.82, 2.24) is 5.32 Å². The van der Waals surface area contributed by atoms with Gasteiger partial charge in [-0.15, -0.1) is 0 Å². The molecule has 0 saturated heterocycles. The Kier molecular flexibility index (Phi) is 2.27. The fraction of sp³-hybridized carbons (Fsp3) is 0.857. The minimum Gasteiger partial charge on any atom is -0.355 e. The SMILES string of the molecule is CCNC(=O)[C@H](N)C1CC1. The van der Waals surface area contributed by atoms with E-state index in [1.54, 1.807) is 0 Å². The third kappa shape index (κ3) is 1.70. The Labute approximate surface area is 61.0 Å². The minimum atomic E-state index is -0.250. The molecule has 1 rings (SSSR count). The predicted octanol–water partition coefficient (Wildman–Crippen LogP) is -0.140. The Morgan fingerprint density at radius 2 is 2.40 bits per heavy atom. The van der Waals surface area contributed by atoms with E-state index in [9.17, 15) is 4.79 Å². The number of nitrogens with one attached hydrogen (secondary N) is 1. The second kappa shape index (κ2) is 3.01. The van der Waals surface area contributed by atoms with Gasteiger partial charge >= 0.3 is 0 Å². The molecule has 58 valence electrons. The Hall–Kier alpha value is -0.570. The van der Waals surface area contributed by atoms with Gasteiger partial charge in [0, 0.05) is 6.54 Å². The summed E-state index contributed by atoms with van der Waals surface area (Å²) < 4.78 is 0. The molecular weight excluding hydrogens is 128 g/mol. The molecule has 0 aromatic carbocycles. The molecule has 0 aromatic rings. The minimum absolute atomic E-state index is 0.00463. The number of likely N-dealkylation sites (N-methyl/N-ethyl adjacent to an activating group) is 1. The number of hydrogen-bond acceptors (Lipinski definition) is 2. The van der Waals surface area contributed by atoms with Crippen LogP contribution in [0.25, 0.3) is 0 Å². The van der Waals surface area contributed by atoms with E-state index in [0.29, 0.717) is 12.5 Å². The summed E-state index contributed by atoms with van der Waals surface area (Å²) >= 11 is 0. The molecule has 1 atom stereocenters. The zero-order valence-corrected chi connectivity index (χ0v) is 6.26.